The number of hydrogen-bond donors (Lipinski definition) is 1. The molecule has 0 bridgehead atoms. The van der Waals surface area contributed by atoms with Crippen LogP contribution >= 0.6 is 11.6 Å². The molecule has 0 aliphatic rings. The molecule has 5 heteroatoms. The Morgan fingerprint density at radius 3 is 2.83 bits per heavy atom. The van der Waals surface area contributed by atoms with Gasteiger partial charge < -0.3 is 14.9 Å². The molecule has 0 spiro atoms. The minimum Gasteiger partial charge on any atom is -0.496 e. The zero-order valence-corrected chi connectivity index (χ0v) is 13.7. The first kappa shape index (κ1) is 16.9. The zero-order valence-electron chi connectivity index (χ0n) is 13.0. The van der Waals surface area contributed by atoms with Crippen LogP contribution in [0.15, 0.2) is 60.2 Å². The highest BCUT2D eigenvalue weighted by atomic mass is 35.5. The largest absolute Gasteiger partial charge is 0.496 e. The molecule has 0 saturated carbocycles. The molecule has 0 aliphatic carbocycles. The number of benzene rings is 2. The van der Waals surface area contributed by atoms with E-state index >= 15 is 0 Å². The molecular formula is C18H19ClN2O2. The standard InChI is InChI=1S/C18H19ClN2O2/c1-3-10-23-18-9-8-16(19)11-15(18)13-21-20-12-14-6-4-5-7-17(14)22-2/h3-9,11,13,20H,1,10,12H2,2H3/b21-13-. The molecule has 0 atom stereocenters. The van der Waals surface area contributed by atoms with Gasteiger partial charge in [0.05, 0.1) is 19.9 Å². The predicted octanol–water partition coefficient (Wildman–Crippen LogP) is 4.04. The summed E-state index contributed by atoms with van der Waals surface area (Å²) in [7, 11) is 1.65. The highest BCUT2D eigenvalue weighted by Crippen LogP contribution is 2.21. The third-order valence-corrected chi connectivity index (χ3v) is 3.32. The molecule has 2 aromatic carbocycles. The summed E-state index contributed by atoms with van der Waals surface area (Å²) in [5.41, 5.74) is 4.83. The Hall–Kier alpha value is -2.46. The molecule has 2 aromatic rings. The van der Waals surface area contributed by atoms with E-state index in [1.165, 1.54) is 0 Å². The van der Waals surface area contributed by atoms with Crippen molar-refractivity contribution in [3.05, 3.63) is 71.3 Å². The number of hydrazone groups is 1. The Kier molecular flexibility index (Phi) is 6.51. The van der Waals surface area contributed by atoms with Gasteiger partial charge in [-0.05, 0) is 24.3 Å². The van der Waals surface area contributed by atoms with Crippen LogP contribution in [0, 0.1) is 0 Å². The van der Waals surface area contributed by atoms with Crippen molar-refractivity contribution < 1.29 is 9.47 Å². The smallest absolute Gasteiger partial charge is 0.128 e. The average Bonchev–Trinajstić information content (AvgIpc) is 2.58. The molecule has 0 amide bonds. The number of hydrogen-bond acceptors (Lipinski definition) is 4. The Labute approximate surface area is 141 Å². The summed E-state index contributed by atoms with van der Waals surface area (Å²) in [4.78, 5) is 0. The van der Waals surface area contributed by atoms with Crippen molar-refractivity contribution >= 4 is 17.8 Å². The molecule has 23 heavy (non-hydrogen) atoms. The number of nitrogens with zero attached hydrogens (tertiary/aromatic N) is 1. The minimum absolute atomic E-state index is 0.428. The maximum Gasteiger partial charge on any atom is 0.128 e. The second kappa shape index (κ2) is 8.86. The molecule has 0 radical (unpaired) electrons. The predicted molar refractivity (Wildman–Crippen MR) is 94.6 cm³/mol. The van der Waals surface area contributed by atoms with E-state index in [1.807, 2.05) is 30.3 Å². The van der Waals surface area contributed by atoms with Crippen LogP contribution in [-0.4, -0.2) is 19.9 Å². The van der Waals surface area contributed by atoms with Crippen molar-refractivity contribution in [3.8, 4) is 11.5 Å². The molecule has 4 nitrogen and oxygen atoms in total. The molecule has 0 unspecified atom stereocenters. The molecular weight excluding hydrogens is 312 g/mol. The van der Waals surface area contributed by atoms with Crippen LogP contribution in [0.4, 0.5) is 0 Å². The summed E-state index contributed by atoms with van der Waals surface area (Å²) in [6, 6.07) is 13.2. The Balaban J connectivity index is 2.02. The molecule has 0 heterocycles. The number of methoxy groups -OCH3 is 1. The summed E-state index contributed by atoms with van der Waals surface area (Å²) in [6.07, 6.45) is 3.37. The second-order valence-electron chi connectivity index (χ2n) is 4.69. The van der Waals surface area contributed by atoms with Gasteiger partial charge in [0.25, 0.3) is 0 Å². The lowest BCUT2D eigenvalue weighted by Gasteiger charge is -2.08. The van der Waals surface area contributed by atoms with Crippen molar-refractivity contribution in [2.24, 2.45) is 5.10 Å². The lowest BCUT2D eigenvalue weighted by Crippen LogP contribution is -2.07. The van der Waals surface area contributed by atoms with Gasteiger partial charge in [-0.2, -0.15) is 5.10 Å². The van der Waals surface area contributed by atoms with E-state index in [0.717, 1.165) is 16.9 Å². The highest BCUT2D eigenvalue weighted by molar-refractivity contribution is 6.30. The average molecular weight is 331 g/mol. The lowest BCUT2D eigenvalue weighted by molar-refractivity contribution is 0.362. The van der Waals surface area contributed by atoms with E-state index in [2.05, 4.69) is 17.1 Å². The molecule has 0 fully saturated rings. The van der Waals surface area contributed by atoms with E-state index in [9.17, 15) is 0 Å². The third kappa shape index (κ3) is 5.04. The van der Waals surface area contributed by atoms with Gasteiger partial charge in [-0.3, -0.25) is 0 Å². The fourth-order valence-electron chi connectivity index (χ4n) is 2.00. The number of rotatable bonds is 8. The van der Waals surface area contributed by atoms with Crippen molar-refractivity contribution in [2.45, 2.75) is 6.54 Å². The highest BCUT2D eigenvalue weighted by Gasteiger charge is 2.03. The van der Waals surface area contributed by atoms with E-state index < -0.39 is 0 Å². The van der Waals surface area contributed by atoms with E-state index in [0.29, 0.717) is 23.9 Å². The number of ether oxygens (including phenoxy) is 2. The monoisotopic (exact) mass is 330 g/mol. The van der Waals surface area contributed by atoms with Crippen LogP contribution in [0.25, 0.3) is 0 Å². The summed E-state index contributed by atoms with van der Waals surface area (Å²) in [6.45, 7) is 4.63. The second-order valence-corrected chi connectivity index (χ2v) is 5.12. The Morgan fingerprint density at radius 1 is 1.22 bits per heavy atom. The molecule has 0 aromatic heterocycles. The SMILES string of the molecule is C=CCOc1ccc(Cl)cc1/C=N\NCc1ccccc1OC. The Bertz CT molecular complexity index is 686. The van der Waals surface area contributed by atoms with E-state index in [1.54, 1.807) is 31.5 Å². The maximum atomic E-state index is 6.02. The summed E-state index contributed by atoms with van der Waals surface area (Å²) in [5.74, 6) is 1.53. The van der Waals surface area contributed by atoms with Crippen LogP contribution in [-0.2, 0) is 6.54 Å². The summed E-state index contributed by atoms with van der Waals surface area (Å²) < 4.78 is 10.9. The minimum atomic E-state index is 0.428. The van der Waals surface area contributed by atoms with Crippen LogP contribution in [0.1, 0.15) is 11.1 Å². The van der Waals surface area contributed by atoms with E-state index in [-0.39, 0.29) is 0 Å². The lowest BCUT2D eigenvalue weighted by atomic mass is 10.2. The van der Waals surface area contributed by atoms with Gasteiger partial charge >= 0.3 is 0 Å². The fourth-order valence-corrected chi connectivity index (χ4v) is 2.18. The van der Waals surface area contributed by atoms with Gasteiger partial charge in [0, 0.05) is 16.1 Å². The fraction of sp³-hybridized carbons (Fsp3) is 0.167. The van der Waals surface area contributed by atoms with Gasteiger partial charge in [-0.25, -0.2) is 0 Å². The number of halogens is 1. The first-order valence-electron chi connectivity index (χ1n) is 7.15. The van der Waals surface area contributed by atoms with Crippen LogP contribution < -0.4 is 14.9 Å². The van der Waals surface area contributed by atoms with E-state index in [4.69, 9.17) is 21.1 Å². The van der Waals surface area contributed by atoms with Crippen LogP contribution in [0.3, 0.4) is 0 Å². The van der Waals surface area contributed by atoms with Crippen LogP contribution in [0.2, 0.25) is 5.02 Å². The van der Waals surface area contributed by atoms with Gasteiger partial charge in [-0.1, -0.05) is 42.5 Å². The quantitative estimate of drug-likeness (QED) is 0.451. The zero-order chi connectivity index (χ0) is 16.5. The maximum absolute atomic E-state index is 6.02. The third-order valence-electron chi connectivity index (χ3n) is 3.09. The Morgan fingerprint density at radius 2 is 2.04 bits per heavy atom. The van der Waals surface area contributed by atoms with Crippen molar-refractivity contribution in [1.29, 1.82) is 0 Å². The molecule has 2 rings (SSSR count). The summed E-state index contributed by atoms with van der Waals surface area (Å²) in [5, 5.41) is 4.85. The topological polar surface area (TPSA) is 42.8 Å². The van der Waals surface area contributed by atoms with Crippen LogP contribution in [0.5, 0.6) is 11.5 Å². The van der Waals surface area contributed by atoms with Crippen molar-refractivity contribution in [1.82, 2.24) is 5.43 Å². The van der Waals surface area contributed by atoms with Gasteiger partial charge in [0.15, 0.2) is 0 Å². The normalized spacial score (nSPS) is 10.5. The molecule has 0 aliphatic heterocycles. The van der Waals surface area contributed by atoms with Gasteiger partial charge in [0.1, 0.15) is 18.1 Å². The first-order valence-corrected chi connectivity index (χ1v) is 7.53. The molecule has 120 valence electrons. The van der Waals surface area contributed by atoms with Crippen molar-refractivity contribution in [3.63, 3.8) is 0 Å². The van der Waals surface area contributed by atoms with Gasteiger partial charge in [0.2, 0.25) is 0 Å². The van der Waals surface area contributed by atoms with Gasteiger partial charge in [-0.15, -0.1) is 0 Å². The summed E-state index contributed by atoms with van der Waals surface area (Å²) >= 11 is 6.02. The molecule has 0 saturated heterocycles. The number of para-hydroxylation sites is 1. The molecule has 1 N–H and O–H groups in total. The first-order chi connectivity index (χ1) is 11.2. The number of nitrogens with one attached hydrogen (secondary N) is 1. The van der Waals surface area contributed by atoms with Crippen molar-refractivity contribution in [2.75, 3.05) is 13.7 Å².